The smallest absolute Gasteiger partial charge is 0.287 e. The molecular weight excluding hydrogens is 375 g/mol. The molecule has 0 aliphatic rings. The van der Waals surface area contributed by atoms with Crippen molar-refractivity contribution in [2.45, 2.75) is 12.6 Å². The van der Waals surface area contributed by atoms with Crippen molar-refractivity contribution in [3.8, 4) is 0 Å². The Morgan fingerprint density at radius 3 is 2.40 bits per heavy atom. The topological polar surface area (TPSA) is 45.7 Å². The molecule has 0 fully saturated rings. The molecule has 1 amide bonds. The summed E-state index contributed by atoms with van der Waals surface area (Å²) >= 11 is 13.7. The van der Waals surface area contributed by atoms with E-state index in [-0.39, 0.29) is 11.9 Å². The Morgan fingerprint density at radius 1 is 1.04 bits per heavy atom. The van der Waals surface area contributed by atoms with Gasteiger partial charge in [0.1, 0.15) is 6.54 Å². The van der Waals surface area contributed by atoms with Gasteiger partial charge in [0.25, 0.3) is 5.91 Å². The number of carbonyl (C=O) groups excluding carboxylic acids is 1. The highest BCUT2D eigenvalue weighted by molar-refractivity contribution is 7.09. The summed E-state index contributed by atoms with van der Waals surface area (Å²) in [4.78, 5) is 14.1. The Morgan fingerprint density at radius 2 is 1.76 bits per heavy atom. The van der Waals surface area contributed by atoms with Gasteiger partial charge in [-0.25, -0.2) is 0 Å². The maximum atomic E-state index is 12.9. The number of benzene rings is 2. The van der Waals surface area contributed by atoms with Crippen LogP contribution in [0, 0.1) is 0 Å². The summed E-state index contributed by atoms with van der Waals surface area (Å²) in [6, 6.07) is 18.5. The Kier molecular flexibility index (Phi) is 6.10. The fraction of sp³-hybridized carbons (Fsp3) is 0.105. The first kappa shape index (κ1) is 18.0. The third-order valence-corrected chi connectivity index (χ3v) is 5.04. The second-order valence-electron chi connectivity index (χ2n) is 5.55. The third kappa shape index (κ3) is 5.06. The van der Waals surface area contributed by atoms with Crippen LogP contribution in [0.2, 0.25) is 10.0 Å². The molecule has 3 aromatic rings. The van der Waals surface area contributed by atoms with Gasteiger partial charge in [-0.3, -0.25) is 4.79 Å². The molecule has 2 aromatic carbocycles. The number of hydrogen-bond acceptors (Lipinski definition) is 2. The molecule has 0 saturated carbocycles. The van der Waals surface area contributed by atoms with Gasteiger partial charge in [-0.15, -0.1) is 11.3 Å². The summed E-state index contributed by atoms with van der Waals surface area (Å²) in [5.41, 5.74) is 1.54. The zero-order chi connectivity index (χ0) is 17.6. The minimum Gasteiger partial charge on any atom is -0.328 e. The first-order chi connectivity index (χ1) is 12.1. The van der Waals surface area contributed by atoms with Gasteiger partial charge < -0.3 is 10.6 Å². The zero-order valence-corrected chi connectivity index (χ0v) is 15.6. The Labute approximate surface area is 160 Å². The fourth-order valence-electron chi connectivity index (χ4n) is 2.56. The molecule has 0 saturated heterocycles. The van der Waals surface area contributed by atoms with E-state index in [4.69, 9.17) is 23.2 Å². The number of quaternary nitrogens is 1. The Balaban J connectivity index is 1.78. The molecule has 128 valence electrons. The van der Waals surface area contributed by atoms with Crippen LogP contribution in [0.4, 0.5) is 5.69 Å². The molecular formula is C19H17Cl2N2OS+. The van der Waals surface area contributed by atoms with Crippen molar-refractivity contribution in [1.29, 1.82) is 0 Å². The van der Waals surface area contributed by atoms with Gasteiger partial charge in [0.15, 0.2) is 6.04 Å². The lowest BCUT2D eigenvalue weighted by Crippen LogP contribution is -2.85. The van der Waals surface area contributed by atoms with Crippen molar-refractivity contribution in [2.75, 3.05) is 5.32 Å². The first-order valence-corrected chi connectivity index (χ1v) is 9.43. The summed E-state index contributed by atoms with van der Waals surface area (Å²) in [6.07, 6.45) is 0. The number of thiophene rings is 1. The van der Waals surface area contributed by atoms with Gasteiger partial charge in [-0.2, -0.15) is 0 Å². The highest BCUT2D eigenvalue weighted by atomic mass is 35.5. The molecule has 1 atom stereocenters. The summed E-state index contributed by atoms with van der Waals surface area (Å²) < 4.78 is 0. The molecule has 0 bridgehead atoms. The van der Waals surface area contributed by atoms with Crippen molar-refractivity contribution >= 4 is 46.1 Å². The quantitative estimate of drug-likeness (QED) is 0.638. The van der Waals surface area contributed by atoms with E-state index in [2.05, 4.69) is 11.4 Å². The van der Waals surface area contributed by atoms with Crippen molar-refractivity contribution < 1.29 is 10.1 Å². The predicted octanol–water partition coefficient (Wildman–Crippen LogP) is 4.50. The molecule has 0 aliphatic heterocycles. The molecule has 1 heterocycles. The van der Waals surface area contributed by atoms with Crippen LogP contribution in [-0.2, 0) is 11.3 Å². The number of nitrogens with one attached hydrogen (secondary N) is 1. The monoisotopic (exact) mass is 391 g/mol. The number of nitrogens with two attached hydrogens (primary N) is 1. The highest BCUT2D eigenvalue weighted by Crippen LogP contribution is 2.23. The van der Waals surface area contributed by atoms with Gasteiger partial charge in [-0.1, -0.05) is 59.6 Å². The summed E-state index contributed by atoms with van der Waals surface area (Å²) in [6.45, 7) is 0.737. The lowest BCUT2D eigenvalue weighted by atomic mass is 10.1. The second-order valence-corrected chi connectivity index (χ2v) is 7.46. The number of amides is 1. The van der Waals surface area contributed by atoms with Crippen LogP contribution < -0.4 is 10.6 Å². The van der Waals surface area contributed by atoms with Crippen LogP contribution in [-0.4, -0.2) is 5.91 Å². The number of carbonyl (C=O) groups is 1. The van der Waals surface area contributed by atoms with Crippen LogP contribution in [0.3, 0.4) is 0 Å². The Bertz CT molecular complexity index is 818. The molecule has 6 heteroatoms. The minimum atomic E-state index is -0.360. The molecule has 3 rings (SSSR count). The Hall–Kier alpha value is -1.85. The second kappa shape index (κ2) is 8.50. The van der Waals surface area contributed by atoms with E-state index in [1.54, 1.807) is 29.5 Å². The zero-order valence-electron chi connectivity index (χ0n) is 13.3. The van der Waals surface area contributed by atoms with E-state index in [0.717, 1.165) is 12.1 Å². The predicted molar refractivity (Wildman–Crippen MR) is 104 cm³/mol. The average Bonchev–Trinajstić information content (AvgIpc) is 3.08. The van der Waals surface area contributed by atoms with Crippen LogP contribution in [0.25, 0.3) is 0 Å². The average molecular weight is 392 g/mol. The highest BCUT2D eigenvalue weighted by Gasteiger charge is 2.24. The largest absolute Gasteiger partial charge is 0.328 e. The number of halogens is 2. The van der Waals surface area contributed by atoms with Crippen LogP contribution in [0.5, 0.6) is 0 Å². The number of anilines is 1. The minimum absolute atomic E-state index is 0.110. The maximum Gasteiger partial charge on any atom is 0.287 e. The van der Waals surface area contributed by atoms with E-state index < -0.39 is 0 Å². The molecule has 3 nitrogen and oxygen atoms in total. The lowest BCUT2D eigenvalue weighted by molar-refractivity contribution is -0.697. The summed E-state index contributed by atoms with van der Waals surface area (Å²) in [5.74, 6) is -0.110. The van der Waals surface area contributed by atoms with Crippen LogP contribution in [0.1, 0.15) is 16.5 Å². The van der Waals surface area contributed by atoms with Gasteiger partial charge >= 0.3 is 0 Å². The van der Waals surface area contributed by atoms with Crippen molar-refractivity contribution in [3.63, 3.8) is 0 Å². The maximum absolute atomic E-state index is 12.9. The molecule has 1 aromatic heterocycles. The van der Waals surface area contributed by atoms with Crippen LogP contribution in [0.15, 0.2) is 66.0 Å². The van der Waals surface area contributed by atoms with Crippen molar-refractivity contribution in [2.24, 2.45) is 0 Å². The molecule has 3 N–H and O–H groups in total. The fourth-order valence-corrected chi connectivity index (χ4v) is 3.77. The van der Waals surface area contributed by atoms with E-state index in [0.29, 0.717) is 15.7 Å². The molecule has 0 aliphatic carbocycles. The van der Waals surface area contributed by atoms with Crippen molar-refractivity contribution in [3.05, 3.63) is 86.5 Å². The summed E-state index contributed by atoms with van der Waals surface area (Å²) in [7, 11) is 0. The third-order valence-electron chi connectivity index (χ3n) is 3.71. The van der Waals surface area contributed by atoms with Gasteiger partial charge in [0.2, 0.25) is 0 Å². The van der Waals surface area contributed by atoms with Gasteiger partial charge in [0.05, 0.1) is 4.88 Å². The molecule has 25 heavy (non-hydrogen) atoms. The molecule has 0 unspecified atom stereocenters. The van der Waals surface area contributed by atoms with E-state index in [9.17, 15) is 4.79 Å². The van der Waals surface area contributed by atoms with Crippen LogP contribution >= 0.6 is 34.5 Å². The molecule has 0 radical (unpaired) electrons. The van der Waals surface area contributed by atoms with Crippen molar-refractivity contribution in [1.82, 2.24) is 0 Å². The molecule has 0 spiro atoms. The van der Waals surface area contributed by atoms with E-state index >= 15 is 0 Å². The number of hydrogen-bond donors (Lipinski definition) is 2. The summed E-state index contributed by atoms with van der Waals surface area (Å²) in [5, 5.41) is 7.96. The van der Waals surface area contributed by atoms with Gasteiger partial charge in [0, 0.05) is 21.3 Å². The van der Waals surface area contributed by atoms with E-state index in [1.807, 2.05) is 47.1 Å². The number of rotatable bonds is 6. The SMILES string of the molecule is O=C(Nc1cc(Cl)cc(Cl)c1)[C@H]([NH2+]Cc1cccs1)c1ccccc1. The lowest BCUT2D eigenvalue weighted by Gasteiger charge is -2.16. The normalized spacial score (nSPS) is 11.9. The van der Waals surface area contributed by atoms with Gasteiger partial charge in [-0.05, 0) is 29.6 Å². The first-order valence-electron chi connectivity index (χ1n) is 7.79. The standard InChI is InChI=1S/C19H16Cl2N2OS/c20-14-9-15(21)11-16(10-14)23-19(24)18(13-5-2-1-3-6-13)22-12-17-7-4-8-25-17/h1-11,18,22H,12H2,(H,23,24)/p+1/t18-/m1/s1. The van der Waals surface area contributed by atoms with E-state index in [1.165, 1.54) is 4.88 Å².